The third kappa shape index (κ3) is 3.46. The van der Waals surface area contributed by atoms with E-state index in [1.54, 1.807) is 26.0 Å². The van der Waals surface area contributed by atoms with Crippen LogP contribution in [0.5, 0.6) is 11.5 Å². The van der Waals surface area contributed by atoms with E-state index in [2.05, 4.69) is 0 Å². The molecule has 3 rings (SSSR count). The van der Waals surface area contributed by atoms with E-state index in [1.165, 1.54) is 23.2 Å². The molecule has 0 heterocycles. The van der Waals surface area contributed by atoms with Gasteiger partial charge in [0.1, 0.15) is 11.5 Å². The maximum Gasteiger partial charge on any atom is 0.200 e. The predicted octanol–water partition coefficient (Wildman–Crippen LogP) is 3.17. The zero-order chi connectivity index (χ0) is 18.3. The first kappa shape index (κ1) is 22.7. The van der Waals surface area contributed by atoms with Crippen LogP contribution in [0.4, 0.5) is 5.69 Å². The molecule has 1 aliphatic carbocycles. The van der Waals surface area contributed by atoms with Gasteiger partial charge in [0.2, 0.25) is 5.78 Å². The number of carbonyl (C=O) groups excluding carboxylic acids is 2. The van der Waals surface area contributed by atoms with Crippen LogP contribution in [0.15, 0.2) is 30.3 Å². The molecule has 0 atom stereocenters. The van der Waals surface area contributed by atoms with E-state index in [1.807, 2.05) is 0 Å². The smallest absolute Gasteiger partial charge is 0.200 e. The van der Waals surface area contributed by atoms with Crippen molar-refractivity contribution in [2.24, 2.45) is 0 Å². The summed E-state index contributed by atoms with van der Waals surface area (Å²) in [5.74, 6) is -1.84. The van der Waals surface area contributed by atoms with Gasteiger partial charge in [-0.1, -0.05) is 12.1 Å². The van der Waals surface area contributed by atoms with Gasteiger partial charge in [-0.25, -0.2) is 0 Å². The van der Waals surface area contributed by atoms with Gasteiger partial charge in [-0.05, 0) is 32.0 Å². The molecular weight excluding hydrogens is 395 g/mol. The van der Waals surface area contributed by atoms with Crippen molar-refractivity contribution in [3.63, 3.8) is 0 Å². The number of anilines is 1. The standard InChI is InChI=1S/C18H18N2O5.2ClH/c1-3-19(20(25)4-2)11-7-5-6-10-14(11)18(24)16-13(22)9-8-12(21)15(16)17(10)23;;/h5-9,21-22,25H,3-4H2,1-2H3;2*1H. The fourth-order valence-electron chi connectivity index (χ4n) is 3.11. The molecule has 0 saturated heterocycles. The quantitative estimate of drug-likeness (QED) is 0.445. The highest BCUT2D eigenvalue weighted by atomic mass is 35.5. The first-order chi connectivity index (χ1) is 11.9. The van der Waals surface area contributed by atoms with Gasteiger partial charge in [-0.3, -0.25) is 19.8 Å². The van der Waals surface area contributed by atoms with Gasteiger partial charge in [-0.2, -0.15) is 0 Å². The van der Waals surface area contributed by atoms with Crippen LogP contribution in [0.1, 0.15) is 45.7 Å². The Balaban J connectivity index is 0.00000182. The summed E-state index contributed by atoms with van der Waals surface area (Å²) in [6.07, 6.45) is 0. The molecule has 3 N–H and O–H groups in total. The molecule has 0 fully saturated rings. The number of halogens is 2. The topological polar surface area (TPSA) is 101 Å². The van der Waals surface area contributed by atoms with Crippen LogP contribution in [0.3, 0.4) is 0 Å². The Morgan fingerprint density at radius 3 is 1.89 bits per heavy atom. The molecule has 0 amide bonds. The van der Waals surface area contributed by atoms with Gasteiger partial charge in [0.25, 0.3) is 0 Å². The molecule has 7 nitrogen and oxygen atoms in total. The van der Waals surface area contributed by atoms with Crippen LogP contribution in [0, 0.1) is 0 Å². The van der Waals surface area contributed by atoms with Gasteiger partial charge in [-0.15, -0.1) is 30.0 Å². The number of benzene rings is 2. The van der Waals surface area contributed by atoms with Crippen LogP contribution in [0.25, 0.3) is 0 Å². The van der Waals surface area contributed by atoms with Crippen molar-refractivity contribution in [1.82, 2.24) is 5.17 Å². The molecule has 9 heteroatoms. The van der Waals surface area contributed by atoms with E-state index >= 15 is 0 Å². The SMILES string of the molecule is CCN(O)N(CC)c1cccc2c1C(=O)c1c(O)ccc(O)c1C2=O.Cl.Cl. The minimum Gasteiger partial charge on any atom is -0.507 e. The van der Waals surface area contributed by atoms with Crippen LogP contribution in [0.2, 0.25) is 0 Å². The molecule has 1 aliphatic rings. The Morgan fingerprint density at radius 1 is 0.815 bits per heavy atom. The van der Waals surface area contributed by atoms with Crippen molar-refractivity contribution in [1.29, 1.82) is 0 Å². The summed E-state index contributed by atoms with van der Waals surface area (Å²) in [5.41, 5.74) is 0.154. The van der Waals surface area contributed by atoms with E-state index < -0.39 is 11.6 Å². The number of ketones is 2. The zero-order valence-electron chi connectivity index (χ0n) is 14.7. The molecule has 0 radical (unpaired) electrons. The monoisotopic (exact) mass is 414 g/mol. The third-order valence-corrected chi connectivity index (χ3v) is 4.27. The number of hydrogen-bond donors (Lipinski definition) is 3. The number of nitrogens with zero attached hydrogens (tertiary/aromatic N) is 2. The number of carbonyl (C=O) groups is 2. The van der Waals surface area contributed by atoms with Gasteiger partial charge < -0.3 is 10.2 Å². The van der Waals surface area contributed by atoms with Gasteiger partial charge >= 0.3 is 0 Å². The maximum atomic E-state index is 13.0. The maximum absolute atomic E-state index is 13.0. The van der Waals surface area contributed by atoms with Crippen molar-refractivity contribution < 1.29 is 25.0 Å². The molecule has 2 aromatic carbocycles. The first-order valence-corrected chi connectivity index (χ1v) is 7.93. The average molecular weight is 415 g/mol. The Kier molecular flexibility index (Phi) is 7.22. The highest BCUT2D eigenvalue weighted by Crippen LogP contribution is 2.40. The number of phenols is 2. The second-order valence-electron chi connectivity index (χ2n) is 5.62. The molecule has 0 aromatic heterocycles. The highest BCUT2D eigenvalue weighted by molar-refractivity contribution is 6.31. The third-order valence-electron chi connectivity index (χ3n) is 4.27. The average Bonchev–Trinajstić information content (AvgIpc) is 2.61. The van der Waals surface area contributed by atoms with Crippen LogP contribution < -0.4 is 5.01 Å². The molecular formula is C18H20Cl2N2O5. The number of phenolic OH excluding ortho intramolecular Hbond substituents is 2. The first-order valence-electron chi connectivity index (χ1n) is 7.93. The Bertz CT molecular complexity index is 888. The van der Waals surface area contributed by atoms with Crippen LogP contribution >= 0.6 is 24.8 Å². The lowest BCUT2D eigenvalue weighted by Gasteiger charge is -2.32. The lowest BCUT2D eigenvalue weighted by molar-refractivity contribution is -0.0968. The lowest BCUT2D eigenvalue weighted by Crippen LogP contribution is -2.41. The van der Waals surface area contributed by atoms with Gasteiger partial charge in [0, 0.05) is 18.7 Å². The van der Waals surface area contributed by atoms with E-state index in [-0.39, 0.29) is 65.1 Å². The normalized spacial score (nSPS) is 12.0. The summed E-state index contributed by atoms with van der Waals surface area (Å²) in [5, 5.41) is 32.6. The molecule has 0 saturated carbocycles. The number of hydroxylamine groups is 1. The van der Waals surface area contributed by atoms with Crippen molar-refractivity contribution in [3.8, 4) is 11.5 Å². The van der Waals surface area contributed by atoms with Crippen molar-refractivity contribution in [2.75, 3.05) is 18.1 Å². The van der Waals surface area contributed by atoms with E-state index in [4.69, 9.17) is 0 Å². The molecule has 0 aliphatic heterocycles. The molecule has 146 valence electrons. The second kappa shape index (κ2) is 8.58. The number of aromatic hydroxyl groups is 2. The van der Waals surface area contributed by atoms with Crippen molar-refractivity contribution in [2.45, 2.75) is 13.8 Å². The minimum atomic E-state index is -0.573. The second-order valence-corrected chi connectivity index (χ2v) is 5.62. The molecule has 0 spiro atoms. The Labute approximate surface area is 168 Å². The lowest BCUT2D eigenvalue weighted by atomic mass is 9.82. The molecule has 27 heavy (non-hydrogen) atoms. The van der Waals surface area contributed by atoms with E-state index in [9.17, 15) is 25.0 Å². The van der Waals surface area contributed by atoms with Crippen LogP contribution in [-0.2, 0) is 0 Å². The van der Waals surface area contributed by atoms with Crippen molar-refractivity contribution in [3.05, 3.63) is 52.6 Å². The summed E-state index contributed by atoms with van der Waals surface area (Å²) < 4.78 is 0. The predicted molar refractivity (Wildman–Crippen MR) is 105 cm³/mol. The summed E-state index contributed by atoms with van der Waals surface area (Å²) >= 11 is 0. The number of hydrogen-bond acceptors (Lipinski definition) is 7. The largest absolute Gasteiger partial charge is 0.507 e. The number of hydrazine groups is 1. The van der Waals surface area contributed by atoms with Gasteiger partial charge in [0.15, 0.2) is 5.78 Å². The molecule has 0 bridgehead atoms. The summed E-state index contributed by atoms with van der Waals surface area (Å²) in [7, 11) is 0. The summed E-state index contributed by atoms with van der Waals surface area (Å²) in [6.45, 7) is 4.18. The zero-order valence-corrected chi connectivity index (χ0v) is 16.3. The Hall–Kier alpha value is -2.32. The van der Waals surface area contributed by atoms with Crippen LogP contribution in [-0.4, -0.2) is 45.2 Å². The van der Waals surface area contributed by atoms with Gasteiger partial charge in [0.05, 0.1) is 22.4 Å². The Morgan fingerprint density at radius 2 is 1.37 bits per heavy atom. The van der Waals surface area contributed by atoms with E-state index in [0.717, 1.165) is 5.17 Å². The van der Waals surface area contributed by atoms with E-state index in [0.29, 0.717) is 12.2 Å². The number of rotatable bonds is 4. The molecule has 0 unspecified atom stereocenters. The highest BCUT2D eigenvalue weighted by Gasteiger charge is 2.37. The number of fused-ring (bicyclic) bond motifs is 2. The molecule has 2 aromatic rings. The summed E-state index contributed by atoms with van der Waals surface area (Å²) in [4.78, 5) is 25.8. The fourth-order valence-corrected chi connectivity index (χ4v) is 3.11. The summed E-state index contributed by atoms with van der Waals surface area (Å²) in [6, 6.07) is 7.08. The van der Waals surface area contributed by atoms with Crippen molar-refractivity contribution >= 4 is 42.1 Å². The minimum absolute atomic E-state index is 0. The fraction of sp³-hybridized carbons (Fsp3) is 0.222.